The summed E-state index contributed by atoms with van der Waals surface area (Å²) in [6.07, 6.45) is -1.62. The Morgan fingerprint density at radius 3 is 2.29 bits per heavy atom. The van der Waals surface area contributed by atoms with Crippen LogP contribution in [0.1, 0.15) is 12.8 Å². The van der Waals surface area contributed by atoms with Gasteiger partial charge in [0.2, 0.25) is 6.17 Å². The number of halogens is 4. The third kappa shape index (κ3) is 2.11. The molecular formula is C8H12BF4N. The van der Waals surface area contributed by atoms with Crippen molar-refractivity contribution in [3.05, 3.63) is 11.8 Å². The van der Waals surface area contributed by atoms with Gasteiger partial charge in [-0.05, 0) is 12.8 Å². The smallest absolute Gasteiger partial charge is 0.242 e. The summed E-state index contributed by atoms with van der Waals surface area (Å²) >= 11 is 0. The lowest BCUT2D eigenvalue weighted by Gasteiger charge is -2.28. The van der Waals surface area contributed by atoms with Crippen LogP contribution in [0.3, 0.4) is 0 Å². The molecule has 0 spiro atoms. The summed E-state index contributed by atoms with van der Waals surface area (Å²) in [5.41, 5.74) is 0. The van der Waals surface area contributed by atoms with E-state index in [9.17, 15) is 17.6 Å². The first-order chi connectivity index (χ1) is 6.50. The highest BCUT2D eigenvalue weighted by Gasteiger charge is 2.48. The minimum absolute atomic E-state index is 0.129. The molecule has 1 rings (SSSR count). The standard InChI is InChI=1S/C8H12BF4N/c9-5-6(10)7(11)8(12,13)14-3-1-2-4-14/h5,7H,1-4,9H2/b6-5-. The lowest BCUT2D eigenvalue weighted by atomic mass is 10.1. The Morgan fingerprint density at radius 1 is 1.36 bits per heavy atom. The first-order valence-corrected chi connectivity index (χ1v) is 4.58. The second kappa shape index (κ2) is 4.34. The summed E-state index contributed by atoms with van der Waals surface area (Å²) in [5, 5.41) is 0. The molecule has 0 aliphatic carbocycles. The molecule has 1 aliphatic heterocycles. The van der Waals surface area contributed by atoms with Crippen LogP contribution in [0.4, 0.5) is 17.6 Å². The Balaban J connectivity index is 2.72. The second-order valence-electron chi connectivity index (χ2n) is 3.32. The second-order valence-corrected chi connectivity index (χ2v) is 3.32. The number of hydrogen-bond acceptors (Lipinski definition) is 1. The molecule has 14 heavy (non-hydrogen) atoms. The van der Waals surface area contributed by atoms with E-state index in [-0.39, 0.29) is 13.1 Å². The van der Waals surface area contributed by atoms with Crippen LogP contribution < -0.4 is 0 Å². The quantitative estimate of drug-likeness (QED) is 0.386. The van der Waals surface area contributed by atoms with Crippen molar-refractivity contribution < 1.29 is 17.6 Å². The van der Waals surface area contributed by atoms with Crippen molar-refractivity contribution in [2.75, 3.05) is 13.1 Å². The zero-order chi connectivity index (χ0) is 10.8. The summed E-state index contributed by atoms with van der Waals surface area (Å²) in [6, 6.07) is -3.72. The van der Waals surface area contributed by atoms with Crippen molar-refractivity contribution in [3.8, 4) is 0 Å². The molecule has 1 aliphatic rings. The van der Waals surface area contributed by atoms with Gasteiger partial charge >= 0.3 is 6.05 Å². The van der Waals surface area contributed by atoms with Crippen molar-refractivity contribution in [1.82, 2.24) is 4.90 Å². The van der Waals surface area contributed by atoms with Gasteiger partial charge in [0.1, 0.15) is 13.7 Å². The maximum absolute atomic E-state index is 13.2. The van der Waals surface area contributed by atoms with Gasteiger partial charge in [0.15, 0.2) is 0 Å². The minimum atomic E-state index is -3.72. The highest BCUT2D eigenvalue weighted by Crippen LogP contribution is 2.33. The van der Waals surface area contributed by atoms with E-state index in [0.717, 1.165) is 5.98 Å². The van der Waals surface area contributed by atoms with Gasteiger partial charge in [0, 0.05) is 13.1 Å². The number of hydrogen-bond donors (Lipinski definition) is 0. The van der Waals surface area contributed by atoms with Crippen molar-refractivity contribution in [3.63, 3.8) is 0 Å². The highest BCUT2D eigenvalue weighted by molar-refractivity contribution is 6.17. The van der Waals surface area contributed by atoms with Gasteiger partial charge in [0.25, 0.3) is 0 Å². The van der Waals surface area contributed by atoms with E-state index in [2.05, 4.69) is 0 Å². The fraction of sp³-hybridized carbons (Fsp3) is 0.750. The molecular weight excluding hydrogens is 197 g/mol. The third-order valence-electron chi connectivity index (χ3n) is 2.35. The molecule has 0 aromatic carbocycles. The highest BCUT2D eigenvalue weighted by atomic mass is 19.3. The van der Waals surface area contributed by atoms with E-state index in [1.54, 1.807) is 0 Å². The third-order valence-corrected chi connectivity index (χ3v) is 2.35. The monoisotopic (exact) mass is 209 g/mol. The van der Waals surface area contributed by atoms with Crippen molar-refractivity contribution in [2.24, 2.45) is 0 Å². The fourth-order valence-corrected chi connectivity index (χ4v) is 1.49. The average molecular weight is 209 g/mol. The summed E-state index contributed by atoms with van der Waals surface area (Å²) in [5.74, 6) is -0.670. The van der Waals surface area contributed by atoms with E-state index < -0.39 is 18.0 Å². The molecule has 1 saturated heterocycles. The van der Waals surface area contributed by atoms with Crippen LogP contribution in [0.5, 0.6) is 0 Å². The predicted octanol–water partition coefficient (Wildman–Crippen LogP) is 1.46. The van der Waals surface area contributed by atoms with Crippen LogP contribution in [0, 0.1) is 0 Å². The van der Waals surface area contributed by atoms with Gasteiger partial charge in [-0.1, -0.05) is 5.98 Å². The van der Waals surface area contributed by atoms with Gasteiger partial charge in [-0.2, -0.15) is 8.78 Å². The van der Waals surface area contributed by atoms with Crippen molar-refractivity contribution in [2.45, 2.75) is 25.1 Å². The number of alkyl halides is 3. The van der Waals surface area contributed by atoms with Crippen molar-refractivity contribution >= 4 is 7.85 Å². The molecule has 0 amide bonds. The van der Waals surface area contributed by atoms with E-state index in [1.807, 2.05) is 0 Å². The van der Waals surface area contributed by atoms with Gasteiger partial charge in [-0.3, -0.25) is 0 Å². The Kier molecular flexibility index (Phi) is 3.58. The molecule has 1 unspecified atom stereocenters. The van der Waals surface area contributed by atoms with E-state index in [4.69, 9.17) is 0 Å². The molecule has 80 valence electrons. The average Bonchev–Trinajstić information content (AvgIpc) is 2.68. The molecule has 0 radical (unpaired) electrons. The Bertz CT molecular complexity index is 225. The molecule has 0 aromatic heterocycles. The number of likely N-dealkylation sites (tertiary alicyclic amines) is 1. The lowest BCUT2D eigenvalue weighted by molar-refractivity contribution is -0.177. The molecule has 6 heteroatoms. The van der Waals surface area contributed by atoms with E-state index in [1.165, 1.54) is 7.85 Å². The van der Waals surface area contributed by atoms with E-state index in [0.29, 0.717) is 17.7 Å². The van der Waals surface area contributed by atoms with Crippen LogP contribution in [0.15, 0.2) is 11.8 Å². The molecule has 1 nitrogen and oxygen atoms in total. The summed E-state index contributed by atoms with van der Waals surface area (Å²) in [6.45, 7) is 0.259. The topological polar surface area (TPSA) is 3.24 Å². The molecule has 0 saturated carbocycles. The van der Waals surface area contributed by atoms with Crippen LogP contribution >= 0.6 is 0 Å². The SMILES string of the molecule is B/C=C(\F)C(F)C(F)(F)N1CCCC1. The molecule has 0 bridgehead atoms. The van der Waals surface area contributed by atoms with Crippen molar-refractivity contribution in [1.29, 1.82) is 0 Å². The van der Waals surface area contributed by atoms with E-state index >= 15 is 0 Å². The molecule has 0 N–H and O–H groups in total. The lowest BCUT2D eigenvalue weighted by Crippen LogP contribution is -2.47. The van der Waals surface area contributed by atoms with Crippen LogP contribution in [0.2, 0.25) is 0 Å². The Hall–Kier alpha value is -0.515. The molecule has 1 heterocycles. The van der Waals surface area contributed by atoms with Gasteiger partial charge < -0.3 is 0 Å². The normalized spacial score (nSPS) is 22.7. The zero-order valence-corrected chi connectivity index (χ0v) is 7.94. The largest absolute Gasteiger partial charge is 0.342 e. The fourth-order valence-electron chi connectivity index (χ4n) is 1.49. The molecule has 1 atom stereocenters. The minimum Gasteiger partial charge on any atom is -0.242 e. The number of rotatable bonds is 3. The summed E-state index contributed by atoms with van der Waals surface area (Å²) < 4.78 is 52.1. The first kappa shape index (κ1) is 11.6. The van der Waals surface area contributed by atoms with Gasteiger partial charge in [-0.25, -0.2) is 13.7 Å². The van der Waals surface area contributed by atoms with Gasteiger partial charge in [-0.15, -0.1) is 0 Å². The van der Waals surface area contributed by atoms with Gasteiger partial charge in [0.05, 0.1) is 0 Å². The Labute approximate surface area is 81.2 Å². The first-order valence-electron chi connectivity index (χ1n) is 4.58. The maximum atomic E-state index is 13.2. The summed E-state index contributed by atoms with van der Waals surface area (Å²) in [7, 11) is 1.20. The zero-order valence-electron chi connectivity index (χ0n) is 7.94. The maximum Gasteiger partial charge on any atom is 0.342 e. The number of nitrogens with zero attached hydrogens (tertiary/aromatic N) is 1. The summed E-state index contributed by atoms with van der Waals surface area (Å²) in [4.78, 5) is 0.695. The van der Waals surface area contributed by atoms with Crippen LogP contribution in [-0.4, -0.2) is 38.1 Å². The Morgan fingerprint density at radius 2 is 1.86 bits per heavy atom. The van der Waals surface area contributed by atoms with Crippen LogP contribution in [0.25, 0.3) is 0 Å². The predicted molar refractivity (Wildman–Crippen MR) is 48.4 cm³/mol. The molecule has 1 fully saturated rings. The molecule has 0 aromatic rings. The van der Waals surface area contributed by atoms with Crippen LogP contribution in [-0.2, 0) is 0 Å².